The van der Waals surface area contributed by atoms with Gasteiger partial charge in [-0.25, -0.2) is 8.42 Å². The molecule has 4 N–H and O–H groups in total. The van der Waals surface area contributed by atoms with E-state index in [2.05, 4.69) is 15.5 Å². The van der Waals surface area contributed by atoms with Gasteiger partial charge in [0.1, 0.15) is 0 Å². The summed E-state index contributed by atoms with van der Waals surface area (Å²) in [5.41, 5.74) is 7.90. The number of aromatic nitrogens is 2. The number of nitrogen functional groups attached to an aromatic ring is 1. The quantitative estimate of drug-likeness (QED) is 0.717. The normalized spacial score (nSPS) is 11.4. The fourth-order valence-corrected chi connectivity index (χ4v) is 2.16. The molecule has 0 spiro atoms. The van der Waals surface area contributed by atoms with Crippen LogP contribution in [0.1, 0.15) is 5.56 Å². The molecule has 0 saturated heterocycles. The van der Waals surface area contributed by atoms with Crippen molar-refractivity contribution < 1.29 is 8.42 Å². The molecule has 0 fully saturated rings. The Balaban J connectivity index is 2.15. The summed E-state index contributed by atoms with van der Waals surface area (Å²) in [7, 11) is -3.22. The van der Waals surface area contributed by atoms with Gasteiger partial charge in [0.15, 0.2) is 9.84 Å². The van der Waals surface area contributed by atoms with Crippen LogP contribution in [0.4, 0.5) is 11.4 Å². The van der Waals surface area contributed by atoms with E-state index >= 15 is 0 Å². The number of H-pyrrole nitrogens is 1. The number of hydrogen-bond donors (Lipinski definition) is 3. The number of nitrogens with one attached hydrogen (secondary N) is 2. The smallest absolute Gasteiger partial charge is 0.175 e. The van der Waals surface area contributed by atoms with Crippen molar-refractivity contribution in [2.45, 2.75) is 11.4 Å². The molecule has 0 atom stereocenters. The van der Waals surface area contributed by atoms with E-state index in [0.717, 1.165) is 11.8 Å². The van der Waals surface area contributed by atoms with E-state index < -0.39 is 9.84 Å². The summed E-state index contributed by atoms with van der Waals surface area (Å²) in [6.07, 6.45) is 4.63. The van der Waals surface area contributed by atoms with Gasteiger partial charge in [0.05, 0.1) is 22.5 Å². The molecule has 2 rings (SSSR count). The van der Waals surface area contributed by atoms with Gasteiger partial charge in [-0.2, -0.15) is 5.10 Å². The van der Waals surface area contributed by atoms with Gasteiger partial charge in [-0.1, -0.05) is 0 Å². The largest absolute Gasteiger partial charge is 0.397 e. The molecule has 1 aromatic heterocycles. The summed E-state index contributed by atoms with van der Waals surface area (Å²) in [4.78, 5) is 0.217. The maximum atomic E-state index is 11.4. The molecule has 0 saturated carbocycles. The van der Waals surface area contributed by atoms with Gasteiger partial charge < -0.3 is 11.1 Å². The van der Waals surface area contributed by atoms with Gasteiger partial charge in [-0.15, -0.1) is 0 Å². The monoisotopic (exact) mass is 266 g/mol. The van der Waals surface area contributed by atoms with Crippen LogP contribution >= 0.6 is 0 Å². The topological polar surface area (TPSA) is 101 Å². The second kappa shape index (κ2) is 4.69. The molecule has 1 aromatic carbocycles. The standard InChI is InChI=1S/C11H14N4O2S/c1-18(16,17)9-2-3-11(10(12)4-9)13-5-8-6-14-15-7-8/h2-4,6-7,13H,5,12H2,1H3,(H,14,15). The highest BCUT2D eigenvalue weighted by Gasteiger charge is 2.09. The van der Waals surface area contributed by atoms with Crippen LogP contribution in [0.15, 0.2) is 35.5 Å². The minimum absolute atomic E-state index is 0.217. The van der Waals surface area contributed by atoms with Crippen LogP contribution < -0.4 is 11.1 Å². The second-order valence-corrected chi connectivity index (χ2v) is 6.00. The first-order valence-electron chi connectivity index (χ1n) is 5.28. The molecule has 0 aliphatic heterocycles. The predicted molar refractivity (Wildman–Crippen MR) is 69.9 cm³/mol. The van der Waals surface area contributed by atoms with Gasteiger partial charge in [0, 0.05) is 24.6 Å². The van der Waals surface area contributed by atoms with E-state index in [0.29, 0.717) is 17.9 Å². The molecule has 0 amide bonds. The van der Waals surface area contributed by atoms with Crippen molar-refractivity contribution in [2.75, 3.05) is 17.3 Å². The van der Waals surface area contributed by atoms with Crippen molar-refractivity contribution in [2.24, 2.45) is 0 Å². The Morgan fingerprint density at radius 3 is 2.78 bits per heavy atom. The highest BCUT2D eigenvalue weighted by molar-refractivity contribution is 7.90. The Hall–Kier alpha value is -2.02. The molecule has 0 unspecified atom stereocenters. The summed E-state index contributed by atoms with van der Waals surface area (Å²) < 4.78 is 22.7. The summed E-state index contributed by atoms with van der Waals surface area (Å²) >= 11 is 0. The molecule has 0 bridgehead atoms. The minimum Gasteiger partial charge on any atom is -0.397 e. The van der Waals surface area contributed by atoms with Crippen molar-refractivity contribution in [1.29, 1.82) is 0 Å². The lowest BCUT2D eigenvalue weighted by Crippen LogP contribution is -2.04. The maximum absolute atomic E-state index is 11.4. The molecule has 6 nitrogen and oxygen atoms in total. The van der Waals surface area contributed by atoms with Crippen LogP contribution in [-0.2, 0) is 16.4 Å². The van der Waals surface area contributed by atoms with Gasteiger partial charge in [0.2, 0.25) is 0 Å². The van der Waals surface area contributed by atoms with Crippen LogP contribution in [0.25, 0.3) is 0 Å². The Labute approximate surface area is 105 Å². The third-order valence-electron chi connectivity index (χ3n) is 2.49. The Bertz CT molecular complexity index is 635. The Kier molecular flexibility index (Phi) is 3.24. The number of nitrogens with two attached hydrogens (primary N) is 1. The van der Waals surface area contributed by atoms with E-state index in [9.17, 15) is 8.42 Å². The summed E-state index contributed by atoms with van der Waals surface area (Å²) in [5.74, 6) is 0. The minimum atomic E-state index is -3.22. The SMILES string of the molecule is CS(=O)(=O)c1ccc(NCc2cn[nH]c2)c(N)c1. The zero-order chi connectivity index (χ0) is 13.2. The number of rotatable bonds is 4. The molecular weight excluding hydrogens is 252 g/mol. The molecule has 96 valence electrons. The van der Waals surface area contributed by atoms with Crippen LogP contribution in [0.2, 0.25) is 0 Å². The van der Waals surface area contributed by atoms with E-state index in [1.54, 1.807) is 18.5 Å². The average molecular weight is 266 g/mol. The molecule has 0 aliphatic carbocycles. The summed E-state index contributed by atoms with van der Waals surface area (Å²) in [6.45, 7) is 0.568. The van der Waals surface area contributed by atoms with Crippen molar-refractivity contribution >= 4 is 21.2 Å². The van der Waals surface area contributed by atoms with Crippen molar-refractivity contribution in [3.05, 3.63) is 36.2 Å². The van der Waals surface area contributed by atoms with Crippen LogP contribution in [-0.4, -0.2) is 24.9 Å². The fraction of sp³-hybridized carbons (Fsp3) is 0.182. The highest BCUT2D eigenvalue weighted by Crippen LogP contribution is 2.22. The number of hydrogen-bond acceptors (Lipinski definition) is 5. The number of sulfone groups is 1. The van der Waals surface area contributed by atoms with Gasteiger partial charge in [-0.05, 0) is 18.2 Å². The number of anilines is 2. The van der Waals surface area contributed by atoms with E-state index in [-0.39, 0.29) is 4.90 Å². The third kappa shape index (κ3) is 2.80. The van der Waals surface area contributed by atoms with Crippen molar-refractivity contribution in [3.8, 4) is 0 Å². The third-order valence-corrected chi connectivity index (χ3v) is 3.60. The first-order valence-corrected chi connectivity index (χ1v) is 7.17. The fourth-order valence-electron chi connectivity index (χ4n) is 1.50. The van der Waals surface area contributed by atoms with Crippen LogP contribution in [0.3, 0.4) is 0 Å². The molecule has 2 aromatic rings. The lowest BCUT2D eigenvalue weighted by Gasteiger charge is -2.09. The highest BCUT2D eigenvalue weighted by atomic mass is 32.2. The van der Waals surface area contributed by atoms with Crippen molar-refractivity contribution in [3.63, 3.8) is 0 Å². The molecule has 0 radical (unpaired) electrons. The molecule has 0 aliphatic rings. The first-order chi connectivity index (χ1) is 8.47. The molecular formula is C11H14N4O2S. The van der Waals surface area contributed by atoms with Gasteiger partial charge in [-0.3, -0.25) is 5.10 Å². The zero-order valence-electron chi connectivity index (χ0n) is 9.84. The lowest BCUT2D eigenvalue weighted by molar-refractivity contribution is 0.602. The maximum Gasteiger partial charge on any atom is 0.175 e. The van der Waals surface area contributed by atoms with Gasteiger partial charge in [0.25, 0.3) is 0 Å². The lowest BCUT2D eigenvalue weighted by atomic mass is 10.2. The second-order valence-electron chi connectivity index (χ2n) is 3.98. The van der Waals surface area contributed by atoms with E-state index in [1.807, 2.05) is 0 Å². The Morgan fingerprint density at radius 2 is 2.22 bits per heavy atom. The van der Waals surface area contributed by atoms with Gasteiger partial charge >= 0.3 is 0 Å². The summed E-state index contributed by atoms with van der Waals surface area (Å²) in [6, 6.07) is 4.64. The molecule has 18 heavy (non-hydrogen) atoms. The van der Waals surface area contributed by atoms with Crippen LogP contribution in [0, 0.1) is 0 Å². The number of aromatic amines is 1. The number of benzene rings is 1. The molecule has 1 heterocycles. The van der Waals surface area contributed by atoms with Crippen LogP contribution in [0.5, 0.6) is 0 Å². The summed E-state index contributed by atoms with van der Waals surface area (Å²) in [5, 5.41) is 9.65. The van der Waals surface area contributed by atoms with E-state index in [4.69, 9.17) is 5.73 Å². The molecule has 7 heteroatoms. The zero-order valence-corrected chi connectivity index (χ0v) is 10.7. The number of nitrogens with zero attached hydrogens (tertiary/aromatic N) is 1. The van der Waals surface area contributed by atoms with Crippen molar-refractivity contribution in [1.82, 2.24) is 10.2 Å². The predicted octanol–water partition coefficient (Wildman–Crippen LogP) is 1.01. The van der Waals surface area contributed by atoms with E-state index in [1.165, 1.54) is 12.1 Å². The average Bonchev–Trinajstić information content (AvgIpc) is 2.79. The first kappa shape index (κ1) is 12.4. The Morgan fingerprint density at radius 1 is 1.44 bits per heavy atom.